The molecule has 2 rings (SSSR count). The predicted molar refractivity (Wildman–Crippen MR) is 90.3 cm³/mol. The zero-order valence-corrected chi connectivity index (χ0v) is 14.0. The first-order valence-electron chi connectivity index (χ1n) is 6.95. The Hall–Kier alpha value is -1.56. The fraction of sp³-hybridized carbons (Fsp3) is 0.312. The van der Waals surface area contributed by atoms with Gasteiger partial charge in [0.2, 0.25) is 0 Å². The van der Waals surface area contributed by atoms with Crippen LogP contribution in [0.1, 0.15) is 30.3 Å². The van der Waals surface area contributed by atoms with Crippen molar-refractivity contribution in [1.29, 1.82) is 0 Å². The lowest BCUT2D eigenvalue weighted by Gasteiger charge is -2.23. The van der Waals surface area contributed by atoms with Crippen molar-refractivity contribution in [3.8, 4) is 0 Å². The number of halogens is 1. The Labute approximate surface area is 139 Å². The van der Waals surface area contributed by atoms with Crippen LogP contribution in [0.15, 0.2) is 41.8 Å². The summed E-state index contributed by atoms with van der Waals surface area (Å²) in [7, 11) is 0. The van der Waals surface area contributed by atoms with Crippen LogP contribution in [0.3, 0.4) is 0 Å². The molecule has 3 N–H and O–H groups in total. The quantitative estimate of drug-likeness (QED) is 0.779. The summed E-state index contributed by atoms with van der Waals surface area (Å²) in [4.78, 5) is 12.8. The molecular weight excluding hydrogens is 320 g/mol. The molecule has 2 unspecified atom stereocenters. The number of benzene rings is 1. The van der Waals surface area contributed by atoms with Crippen LogP contribution < -0.4 is 10.6 Å². The maximum absolute atomic E-state index is 12.0. The van der Waals surface area contributed by atoms with E-state index in [0.717, 1.165) is 10.4 Å². The zero-order valence-electron chi connectivity index (χ0n) is 12.5. The monoisotopic (exact) mass is 338 g/mol. The van der Waals surface area contributed by atoms with Gasteiger partial charge >= 0.3 is 6.03 Å². The molecule has 1 heterocycles. The Balaban J connectivity index is 1.86. The SMILES string of the molecule is CC(NC(=O)NCC(C)(O)c1cccs1)c1ccc(Cl)cc1. The second-order valence-electron chi connectivity index (χ2n) is 5.35. The maximum atomic E-state index is 12.0. The van der Waals surface area contributed by atoms with Crippen molar-refractivity contribution in [2.45, 2.75) is 25.5 Å². The second-order valence-corrected chi connectivity index (χ2v) is 6.74. The van der Waals surface area contributed by atoms with E-state index in [1.165, 1.54) is 11.3 Å². The predicted octanol–water partition coefficient (Wildman–Crippen LogP) is 3.67. The molecule has 0 radical (unpaired) electrons. The number of rotatable bonds is 5. The van der Waals surface area contributed by atoms with Gasteiger partial charge in [-0.15, -0.1) is 11.3 Å². The van der Waals surface area contributed by atoms with E-state index in [2.05, 4.69) is 10.6 Å². The van der Waals surface area contributed by atoms with E-state index in [1.54, 1.807) is 19.1 Å². The van der Waals surface area contributed by atoms with Crippen LogP contribution >= 0.6 is 22.9 Å². The third-order valence-corrected chi connectivity index (χ3v) is 4.74. The molecule has 2 atom stereocenters. The van der Waals surface area contributed by atoms with Crippen LogP contribution in [0, 0.1) is 0 Å². The number of urea groups is 1. The van der Waals surface area contributed by atoms with Crippen LogP contribution in [0.2, 0.25) is 5.02 Å². The molecule has 0 bridgehead atoms. The molecule has 0 saturated carbocycles. The fourth-order valence-corrected chi connectivity index (χ4v) is 2.92. The smallest absolute Gasteiger partial charge is 0.315 e. The normalized spacial score (nSPS) is 14.9. The molecule has 2 aromatic rings. The van der Waals surface area contributed by atoms with Gasteiger partial charge in [-0.3, -0.25) is 0 Å². The van der Waals surface area contributed by atoms with E-state index in [4.69, 9.17) is 11.6 Å². The molecule has 1 aromatic heterocycles. The van der Waals surface area contributed by atoms with Crippen molar-refractivity contribution in [3.63, 3.8) is 0 Å². The Morgan fingerprint density at radius 3 is 2.64 bits per heavy atom. The van der Waals surface area contributed by atoms with Gasteiger partial charge in [0.05, 0.1) is 12.6 Å². The summed E-state index contributed by atoms with van der Waals surface area (Å²) in [6.07, 6.45) is 0. The summed E-state index contributed by atoms with van der Waals surface area (Å²) < 4.78 is 0. The van der Waals surface area contributed by atoms with E-state index >= 15 is 0 Å². The lowest BCUT2D eigenvalue weighted by atomic mass is 10.1. The lowest BCUT2D eigenvalue weighted by molar-refractivity contribution is 0.0630. The summed E-state index contributed by atoms with van der Waals surface area (Å²) in [6.45, 7) is 3.72. The first-order valence-corrected chi connectivity index (χ1v) is 8.20. The molecular formula is C16H19ClN2O2S. The number of thiophene rings is 1. The number of aliphatic hydroxyl groups is 1. The van der Waals surface area contributed by atoms with Crippen LogP contribution in [0.25, 0.3) is 0 Å². The van der Waals surface area contributed by atoms with Crippen LogP contribution in [-0.4, -0.2) is 17.7 Å². The third kappa shape index (κ3) is 4.47. The summed E-state index contributed by atoms with van der Waals surface area (Å²) in [5.74, 6) is 0. The Morgan fingerprint density at radius 1 is 1.36 bits per heavy atom. The van der Waals surface area contributed by atoms with Crippen molar-refractivity contribution in [3.05, 3.63) is 57.2 Å². The van der Waals surface area contributed by atoms with E-state index in [-0.39, 0.29) is 18.6 Å². The van der Waals surface area contributed by atoms with Crippen molar-refractivity contribution < 1.29 is 9.90 Å². The lowest BCUT2D eigenvalue weighted by Crippen LogP contribution is -2.43. The highest BCUT2D eigenvalue weighted by molar-refractivity contribution is 7.10. The molecule has 0 saturated heterocycles. The number of carbonyl (C=O) groups excluding carboxylic acids is 1. The summed E-state index contributed by atoms with van der Waals surface area (Å²) in [6, 6.07) is 10.6. The molecule has 118 valence electrons. The number of hydrogen-bond acceptors (Lipinski definition) is 3. The molecule has 0 aliphatic carbocycles. The third-order valence-electron chi connectivity index (χ3n) is 3.36. The summed E-state index contributed by atoms with van der Waals surface area (Å²) >= 11 is 7.30. The van der Waals surface area contributed by atoms with Crippen molar-refractivity contribution in [1.82, 2.24) is 10.6 Å². The summed E-state index contributed by atoms with van der Waals surface area (Å²) in [5, 5.41) is 18.4. The van der Waals surface area contributed by atoms with Gasteiger partial charge in [0.1, 0.15) is 5.60 Å². The number of nitrogens with one attached hydrogen (secondary N) is 2. The first kappa shape index (κ1) is 16.8. The van der Waals surface area contributed by atoms with Gasteiger partial charge in [0, 0.05) is 9.90 Å². The molecule has 22 heavy (non-hydrogen) atoms. The average molecular weight is 339 g/mol. The maximum Gasteiger partial charge on any atom is 0.315 e. The molecule has 0 aliphatic rings. The largest absolute Gasteiger partial charge is 0.383 e. The topological polar surface area (TPSA) is 61.4 Å². The highest BCUT2D eigenvalue weighted by Gasteiger charge is 2.25. The number of carbonyl (C=O) groups is 1. The van der Waals surface area contributed by atoms with Crippen molar-refractivity contribution in [2.24, 2.45) is 0 Å². The fourth-order valence-electron chi connectivity index (χ4n) is 2.01. The van der Waals surface area contributed by atoms with E-state index < -0.39 is 5.60 Å². The van der Waals surface area contributed by atoms with E-state index in [9.17, 15) is 9.90 Å². The Kier molecular flexibility index (Phi) is 5.45. The summed E-state index contributed by atoms with van der Waals surface area (Å²) in [5.41, 5.74) is -0.112. The molecule has 4 nitrogen and oxygen atoms in total. The van der Waals surface area contributed by atoms with Gasteiger partial charge in [-0.1, -0.05) is 29.8 Å². The van der Waals surface area contributed by atoms with Crippen molar-refractivity contribution >= 4 is 29.0 Å². The molecule has 2 amide bonds. The highest BCUT2D eigenvalue weighted by Crippen LogP contribution is 2.24. The Bertz CT molecular complexity index is 612. The van der Waals surface area contributed by atoms with Crippen LogP contribution in [-0.2, 0) is 5.60 Å². The van der Waals surface area contributed by atoms with Gasteiger partial charge < -0.3 is 15.7 Å². The molecule has 6 heteroatoms. The molecule has 0 spiro atoms. The first-order chi connectivity index (χ1) is 10.4. The van der Waals surface area contributed by atoms with E-state index in [1.807, 2.05) is 36.6 Å². The standard InChI is InChI=1S/C16H19ClN2O2S/c1-11(12-5-7-13(17)8-6-12)19-15(20)18-10-16(2,21)14-4-3-9-22-14/h3-9,11,21H,10H2,1-2H3,(H2,18,19,20). The number of hydrogen-bond donors (Lipinski definition) is 3. The highest BCUT2D eigenvalue weighted by atomic mass is 35.5. The molecule has 1 aromatic carbocycles. The van der Waals surface area contributed by atoms with Gasteiger partial charge in [0.25, 0.3) is 0 Å². The van der Waals surface area contributed by atoms with Gasteiger partial charge in [-0.2, -0.15) is 0 Å². The van der Waals surface area contributed by atoms with Gasteiger partial charge in [-0.25, -0.2) is 4.79 Å². The minimum atomic E-state index is -1.07. The van der Waals surface area contributed by atoms with Gasteiger partial charge in [-0.05, 0) is 43.0 Å². The number of amides is 2. The Morgan fingerprint density at radius 2 is 2.05 bits per heavy atom. The minimum absolute atomic E-state index is 0.146. The van der Waals surface area contributed by atoms with Crippen molar-refractivity contribution in [2.75, 3.05) is 6.54 Å². The van der Waals surface area contributed by atoms with Crippen LogP contribution in [0.5, 0.6) is 0 Å². The molecule has 0 aliphatic heterocycles. The molecule has 0 fully saturated rings. The minimum Gasteiger partial charge on any atom is -0.383 e. The second kappa shape index (κ2) is 7.13. The zero-order chi connectivity index (χ0) is 16.2. The van der Waals surface area contributed by atoms with E-state index in [0.29, 0.717) is 5.02 Å². The average Bonchev–Trinajstić information content (AvgIpc) is 3.01. The van der Waals surface area contributed by atoms with Gasteiger partial charge in [0.15, 0.2) is 0 Å². The van der Waals surface area contributed by atoms with Crippen LogP contribution in [0.4, 0.5) is 4.79 Å².